The Balaban J connectivity index is 2.04. The van der Waals surface area contributed by atoms with E-state index in [1.54, 1.807) is 23.5 Å². The summed E-state index contributed by atoms with van der Waals surface area (Å²) < 4.78 is 5.70. The van der Waals surface area contributed by atoms with Crippen LogP contribution < -0.4 is 10.5 Å². The molecular weight excluding hydrogens is 270 g/mol. The lowest BCUT2D eigenvalue weighted by atomic mass is 9.93. The van der Waals surface area contributed by atoms with Gasteiger partial charge < -0.3 is 10.5 Å². The summed E-state index contributed by atoms with van der Waals surface area (Å²) in [4.78, 5) is 4.58. The number of nitrogens with zero attached hydrogens (tertiary/aromatic N) is 1. The van der Waals surface area contributed by atoms with Gasteiger partial charge in [0.2, 0.25) is 0 Å². The molecule has 0 fully saturated rings. The summed E-state index contributed by atoms with van der Waals surface area (Å²) in [5.41, 5.74) is 7.26. The number of benzene rings is 1. The number of nitrogen functional groups attached to an aromatic ring is 1. The molecule has 1 aromatic carbocycles. The second-order valence-corrected chi connectivity index (χ2v) is 6.55. The van der Waals surface area contributed by atoms with Gasteiger partial charge in [-0.2, -0.15) is 0 Å². The normalized spacial score (nSPS) is 11.3. The van der Waals surface area contributed by atoms with Gasteiger partial charge in [0.1, 0.15) is 23.2 Å². The SMILES string of the molecule is CC(C)(C)c1csc(COc2cccc(C(=N)N)c2)n1. The van der Waals surface area contributed by atoms with E-state index in [1.807, 2.05) is 12.1 Å². The van der Waals surface area contributed by atoms with Crippen LogP contribution in [0.2, 0.25) is 0 Å². The molecule has 0 aliphatic heterocycles. The fourth-order valence-electron chi connectivity index (χ4n) is 1.62. The van der Waals surface area contributed by atoms with Crippen LogP contribution in [0.3, 0.4) is 0 Å². The van der Waals surface area contributed by atoms with Crippen molar-refractivity contribution in [3.05, 3.63) is 45.9 Å². The van der Waals surface area contributed by atoms with E-state index >= 15 is 0 Å². The highest BCUT2D eigenvalue weighted by Gasteiger charge is 2.17. The lowest BCUT2D eigenvalue weighted by Crippen LogP contribution is -2.12. The van der Waals surface area contributed by atoms with Crippen LogP contribution in [0.4, 0.5) is 0 Å². The Hall–Kier alpha value is -1.88. The van der Waals surface area contributed by atoms with Crippen LogP contribution in [0.5, 0.6) is 5.75 Å². The molecule has 4 nitrogen and oxygen atoms in total. The minimum atomic E-state index is 0.0414. The molecular formula is C15H19N3OS. The number of ether oxygens (including phenoxy) is 1. The first-order valence-electron chi connectivity index (χ1n) is 6.38. The minimum absolute atomic E-state index is 0.0414. The third kappa shape index (κ3) is 3.57. The highest BCUT2D eigenvalue weighted by atomic mass is 32.1. The third-order valence-corrected chi connectivity index (χ3v) is 3.65. The first-order chi connectivity index (χ1) is 9.36. The van der Waals surface area contributed by atoms with Crippen LogP contribution in [-0.2, 0) is 12.0 Å². The number of hydrogen-bond donors (Lipinski definition) is 2. The maximum Gasteiger partial charge on any atom is 0.140 e. The molecule has 20 heavy (non-hydrogen) atoms. The second-order valence-electron chi connectivity index (χ2n) is 5.61. The van der Waals surface area contributed by atoms with Crippen molar-refractivity contribution in [1.29, 1.82) is 5.41 Å². The number of aromatic nitrogens is 1. The van der Waals surface area contributed by atoms with Crippen LogP contribution in [0.25, 0.3) is 0 Å². The Morgan fingerprint density at radius 2 is 2.15 bits per heavy atom. The number of nitrogens with two attached hydrogens (primary N) is 1. The van der Waals surface area contributed by atoms with Crippen molar-refractivity contribution in [2.75, 3.05) is 0 Å². The maximum atomic E-state index is 7.41. The Kier molecular flexibility index (Phi) is 4.09. The molecule has 0 saturated carbocycles. The molecule has 3 N–H and O–H groups in total. The molecule has 0 atom stereocenters. The molecule has 0 bridgehead atoms. The molecule has 106 valence electrons. The quantitative estimate of drug-likeness (QED) is 0.670. The van der Waals surface area contributed by atoms with Crippen molar-refractivity contribution in [3.63, 3.8) is 0 Å². The summed E-state index contributed by atoms with van der Waals surface area (Å²) in [6.45, 7) is 6.86. The van der Waals surface area contributed by atoms with Gasteiger partial charge in [-0.3, -0.25) is 5.41 Å². The van der Waals surface area contributed by atoms with E-state index in [0.29, 0.717) is 17.9 Å². The van der Waals surface area contributed by atoms with E-state index in [-0.39, 0.29) is 11.3 Å². The molecule has 2 rings (SSSR count). The standard InChI is InChI=1S/C15H19N3OS/c1-15(2,3)12-9-20-13(18-12)8-19-11-6-4-5-10(7-11)14(16)17/h4-7,9H,8H2,1-3H3,(H3,16,17). The van der Waals surface area contributed by atoms with Crippen LogP contribution in [0.15, 0.2) is 29.6 Å². The van der Waals surface area contributed by atoms with Crippen molar-refractivity contribution < 1.29 is 4.74 Å². The van der Waals surface area contributed by atoms with Crippen LogP contribution in [0.1, 0.15) is 37.0 Å². The lowest BCUT2D eigenvalue weighted by molar-refractivity contribution is 0.305. The van der Waals surface area contributed by atoms with Gasteiger partial charge in [-0.25, -0.2) is 4.98 Å². The van der Waals surface area contributed by atoms with Crippen LogP contribution in [0, 0.1) is 5.41 Å². The fraction of sp³-hybridized carbons (Fsp3) is 0.333. The molecule has 0 radical (unpaired) electrons. The van der Waals surface area contributed by atoms with E-state index in [9.17, 15) is 0 Å². The monoisotopic (exact) mass is 289 g/mol. The lowest BCUT2D eigenvalue weighted by Gasteiger charge is -2.14. The number of amidine groups is 1. The van der Waals surface area contributed by atoms with E-state index in [4.69, 9.17) is 15.9 Å². The van der Waals surface area contributed by atoms with E-state index < -0.39 is 0 Å². The molecule has 2 aromatic rings. The zero-order chi connectivity index (χ0) is 14.8. The number of hydrogen-bond acceptors (Lipinski definition) is 4. The van der Waals surface area contributed by atoms with Crippen molar-refractivity contribution >= 4 is 17.2 Å². The molecule has 5 heteroatoms. The topological polar surface area (TPSA) is 72.0 Å². The average molecular weight is 289 g/mol. The van der Waals surface area contributed by atoms with Crippen molar-refractivity contribution in [2.45, 2.75) is 32.8 Å². The molecule has 0 saturated heterocycles. The van der Waals surface area contributed by atoms with E-state index in [1.165, 1.54) is 0 Å². The Bertz CT molecular complexity index is 614. The predicted octanol–water partition coefficient (Wildman–Crippen LogP) is 3.30. The van der Waals surface area contributed by atoms with Gasteiger partial charge in [-0.05, 0) is 12.1 Å². The minimum Gasteiger partial charge on any atom is -0.486 e. The average Bonchev–Trinajstić information content (AvgIpc) is 2.85. The molecule has 0 unspecified atom stereocenters. The predicted molar refractivity (Wildman–Crippen MR) is 82.6 cm³/mol. The van der Waals surface area contributed by atoms with Gasteiger partial charge in [-0.15, -0.1) is 11.3 Å². The number of nitrogens with one attached hydrogen (secondary N) is 1. The van der Waals surface area contributed by atoms with Gasteiger partial charge in [0.25, 0.3) is 0 Å². The van der Waals surface area contributed by atoms with Crippen molar-refractivity contribution in [1.82, 2.24) is 4.98 Å². The summed E-state index contributed by atoms with van der Waals surface area (Å²) in [5, 5.41) is 10.4. The summed E-state index contributed by atoms with van der Waals surface area (Å²) in [5.74, 6) is 0.741. The summed E-state index contributed by atoms with van der Waals surface area (Å²) >= 11 is 1.60. The smallest absolute Gasteiger partial charge is 0.140 e. The molecule has 0 aliphatic carbocycles. The summed E-state index contributed by atoms with van der Waals surface area (Å²) in [6, 6.07) is 7.23. The van der Waals surface area contributed by atoms with Gasteiger partial charge in [0, 0.05) is 16.4 Å². The molecule has 1 heterocycles. The summed E-state index contributed by atoms with van der Waals surface area (Å²) in [6.07, 6.45) is 0. The molecule has 1 aromatic heterocycles. The molecule has 0 amide bonds. The first kappa shape index (κ1) is 14.5. The Labute approximate surface area is 123 Å². The van der Waals surface area contributed by atoms with Gasteiger partial charge in [-0.1, -0.05) is 32.9 Å². The van der Waals surface area contributed by atoms with E-state index in [0.717, 1.165) is 10.7 Å². The zero-order valence-electron chi connectivity index (χ0n) is 11.9. The van der Waals surface area contributed by atoms with Gasteiger partial charge in [0.15, 0.2) is 0 Å². The largest absolute Gasteiger partial charge is 0.486 e. The highest BCUT2D eigenvalue weighted by molar-refractivity contribution is 7.09. The first-order valence-corrected chi connectivity index (χ1v) is 7.26. The number of rotatable bonds is 4. The Morgan fingerprint density at radius 1 is 1.40 bits per heavy atom. The van der Waals surface area contributed by atoms with Crippen molar-refractivity contribution in [2.24, 2.45) is 5.73 Å². The van der Waals surface area contributed by atoms with Gasteiger partial charge in [0.05, 0.1) is 5.69 Å². The van der Waals surface area contributed by atoms with Crippen LogP contribution >= 0.6 is 11.3 Å². The molecule has 0 aliphatic rings. The zero-order valence-corrected chi connectivity index (χ0v) is 12.8. The maximum absolute atomic E-state index is 7.41. The highest BCUT2D eigenvalue weighted by Crippen LogP contribution is 2.24. The Morgan fingerprint density at radius 3 is 2.75 bits per heavy atom. The second kappa shape index (κ2) is 5.63. The van der Waals surface area contributed by atoms with Gasteiger partial charge >= 0.3 is 0 Å². The summed E-state index contributed by atoms with van der Waals surface area (Å²) in [7, 11) is 0. The number of thiazole rings is 1. The van der Waals surface area contributed by atoms with Crippen molar-refractivity contribution in [3.8, 4) is 5.75 Å². The van der Waals surface area contributed by atoms with E-state index in [2.05, 4.69) is 31.1 Å². The molecule has 0 spiro atoms. The van der Waals surface area contributed by atoms with Crippen LogP contribution in [-0.4, -0.2) is 10.8 Å². The third-order valence-electron chi connectivity index (χ3n) is 2.83. The fourth-order valence-corrected chi connectivity index (χ4v) is 2.55.